The van der Waals surface area contributed by atoms with Gasteiger partial charge in [0.25, 0.3) is 5.91 Å². The second-order valence-electron chi connectivity index (χ2n) is 6.48. The minimum absolute atomic E-state index is 0.0473. The highest BCUT2D eigenvalue weighted by Crippen LogP contribution is 2.23. The Bertz CT molecular complexity index is 985. The number of amides is 3. The van der Waals surface area contributed by atoms with Crippen LogP contribution < -0.4 is 31.0 Å². The van der Waals surface area contributed by atoms with E-state index in [9.17, 15) is 14.4 Å². The van der Waals surface area contributed by atoms with Gasteiger partial charge in [-0.15, -0.1) is 0 Å². The van der Waals surface area contributed by atoms with Crippen LogP contribution in [0.4, 0.5) is 5.69 Å². The first-order chi connectivity index (χ1) is 15.3. The first kappa shape index (κ1) is 24.9. The molecule has 0 fully saturated rings. The normalized spacial score (nSPS) is 9.97. The fourth-order valence-corrected chi connectivity index (χ4v) is 2.73. The maximum atomic E-state index is 12.0. The number of anilines is 1. The van der Waals surface area contributed by atoms with Gasteiger partial charge in [0.1, 0.15) is 11.5 Å². The van der Waals surface area contributed by atoms with Gasteiger partial charge < -0.3 is 14.8 Å². The minimum Gasteiger partial charge on any atom is -0.497 e. The molecule has 0 aliphatic rings. The van der Waals surface area contributed by atoms with Crippen molar-refractivity contribution in [2.75, 3.05) is 19.0 Å². The van der Waals surface area contributed by atoms with E-state index in [0.29, 0.717) is 22.2 Å². The van der Waals surface area contributed by atoms with Crippen LogP contribution in [0.25, 0.3) is 0 Å². The largest absolute Gasteiger partial charge is 0.497 e. The van der Waals surface area contributed by atoms with Crippen molar-refractivity contribution in [1.82, 2.24) is 16.2 Å². The van der Waals surface area contributed by atoms with Gasteiger partial charge in [-0.25, -0.2) is 0 Å². The van der Waals surface area contributed by atoms with Crippen LogP contribution >= 0.6 is 23.8 Å². The number of benzene rings is 2. The zero-order chi connectivity index (χ0) is 23.5. The molecule has 0 aliphatic carbocycles. The van der Waals surface area contributed by atoms with Crippen LogP contribution in [0.3, 0.4) is 0 Å². The van der Waals surface area contributed by atoms with Crippen molar-refractivity contribution in [3.8, 4) is 11.5 Å². The van der Waals surface area contributed by atoms with Crippen molar-refractivity contribution in [3.63, 3.8) is 0 Å². The quantitative estimate of drug-likeness (QED) is 0.340. The summed E-state index contributed by atoms with van der Waals surface area (Å²) < 4.78 is 10.4. The molecule has 0 bridgehead atoms. The molecule has 0 aromatic heterocycles. The molecule has 32 heavy (non-hydrogen) atoms. The molecule has 0 unspecified atom stereocenters. The van der Waals surface area contributed by atoms with Crippen molar-refractivity contribution in [2.45, 2.75) is 19.8 Å². The lowest BCUT2D eigenvalue weighted by molar-refractivity contribution is -0.125. The fourth-order valence-electron chi connectivity index (χ4n) is 2.39. The highest BCUT2D eigenvalue weighted by atomic mass is 35.5. The molecule has 0 aliphatic heterocycles. The van der Waals surface area contributed by atoms with Gasteiger partial charge in [-0.3, -0.25) is 30.6 Å². The molecule has 170 valence electrons. The number of methoxy groups -OCH3 is 1. The molecule has 0 saturated carbocycles. The predicted octanol–water partition coefficient (Wildman–Crippen LogP) is 2.48. The van der Waals surface area contributed by atoms with Gasteiger partial charge >= 0.3 is 0 Å². The van der Waals surface area contributed by atoms with Crippen LogP contribution in [-0.4, -0.2) is 36.6 Å². The van der Waals surface area contributed by atoms with Crippen molar-refractivity contribution < 1.29 is 23.9 Å². The Morgan fingerprint density at radius 1 is 0.938 bits per heavy atom. The van der Waals surface area contributed by atoms with Crippen LogP contribution in [-0.2, 0) is 14.4 Å². The van der Waals surface area contributed by atoms with Crippen molar-refractivity contribution in [2.24, 2.45) is 0 Å². The third kappa shape index (κ3) is 8.40. The molecule has 2 aromatic rings. The van der Waals surface area contributed by atoms with Gasteiger partial charge in [-0.05, 0) is 61.1 Å². The van der Waals surface area contributed by atoms with E-state index in [0.717, 1.165) is 5.56 Å². The van der Waals surface area contributed by atoms with Gasteiger partial charge in [0.15, 0.2) is 11.7 Å². The summed E-state index contributed by atoms with van der Waals surface area (Å²) in [7, 11) is 1.55. The first-order valence-electron chi connectivity index (χ1n) is 9.49. The maximum Gasteiger partial charge on any atom is 0.264 e. The Morgan fingerprint density at radius 2 is 1.59 bits per heavy atom. The molecule has 3 amide bonds. The van der Waals surface area contributed by atoms with Gasteiger partial charge in [0, 0.05) is 23.6 Å². The van der Waals surface area contributed by atoms with Gasteiger partial charge in [0.2, 0.25) is 11.8 Å². The number of carbonyl (C=O) groups is 3. The Kier molecular flexibility index (Phi) is 9.71. The summed E-state index contributed by atoms with van der Waals surface area (Å²) in [6.07, 6.45) is -0.135. The fraction of sp³-hybridized carbons (Fsp3) is 0.238. The zero-order valence-electron chi connectivity index (χ0n) is 17.5. The molecular weight excluding hydrogens is 456 g/mol. The molecule has 2 rings (SSSR count). The van der Waals surface area contributed by atoms with Crippen molar-refractivity contribution >= 4 is 52.3 Å². The van der Waals surface area contributed by atoms with E-state index in [2.05, 4.69) is 21.5 Å². The third-order valence-corrected chi connectivity index (χ3v) is 4.73. The molecule has 0 radical (unpaired) electrons. The summed E-state index contributed by atoms with van der Waals surface area (Å²) in [5, 5.41) is 5.49. The monoisotopic (exact) mass is 478 g/mol. The lowest BCUT2D eigenvalue weighted by Crippen LogP contribution is -2.49. The van der Waals surface area contributed by atoms with E-state index in [1.807, 2.05) is 0 Å². The Morgan fingerprint density at radius 3 is 2.28 bits per heavy atom. The van der Waals surface area contributed by atoms with E-state index in [-0.39, 0.29) is 30.5 Å². The molecule has 11 heteroatoms. The topological polar surface area (TPSA) is 118 Å². The SMILES string of the molecule is COc1ccc(OCC(=O)NC(=S)NNC(=O)CCC(=O)Nc2cccc(Cl)c2C)cc1. The number of hydrogen-bond acceptors (Lipinski definition) is 6. The summed E-state index contributed by atoms with van der Waals surface area (Å²) in [6, 6.07) is 11.9. The summed E-state index contributed by atoms with van der Waals surface area (Å²) in [6.45, 7) is 1.51. The van der Waals surface area contributed by atoms with Crippen LogP contribution in [0, 0.1) is 6.92 Å². The smallest absolute Gasteiger partial charge is 0.264 e. The molecular formula is C21H23ClN4O5S. The number of hydrogen-bond donors (Lipinski definition) is 4. The van der Waals surface area contributed by atoms with Crippen LogP contribution in [0.15, 0.2) is 42.5 Å². The molecule has 0 heterocycles. The van der Waals surface area contributed by atoms with Gasteiger partial charge in [0.05, 0.1) is 7.11 Å². The third-order valence-electron chi connectivity index (χ3n) is 4.12. The average Bonchev–Trinajstić information content (AvgIpc) is 2.78. The van der Waals surface area contributed by atoms with Crippen molar-refractivity contribution in [1.29, 1.82) is 0 Å². The number of rotatable bonds is 8. The second-order valence-corrected chi connectivity index (χ2v) is 7.29. The molecule has 0 spiro atoms. The molecule has 4 N–H and O–H groups in total. The Balaban J connectivity index is 1.64. The maximum absolute atomic E-state index is 12.0. The zero-order valence-corrected chi connectivity index (χ0v) is 19.1. The van der Waals surface area contributed by atoms with E-state index in [4.69, 9.17) is 33.3 Å². The first-order valence-corrected chi connectivity index (χ1v) is 10.3. The number of carbonyl (C=O) groups excluding carboxylic acids is 3. The standard InChI is InChI=1S/C21H23ClN4O5S/c1-13-16(22)4-3-5-17(13)23-18(27)10-11-19(28)25-26-21(32)24-20(29)12-31-15-8-6-14(30-2)7-9-15/h3-9H,10-12H2,1-2H3,(H,23,27)(H,25,28)(H2,24,26,29,32). The Labute approximate surface area is 195 Å². The predicted molar refractivity (Wildman–Crippen MR) is 125 cm³/mol. The summed E-state index contributed by atoms with van der Waals surface area (Å²) in [5.74, 6) is -0.172. The highest BCUT2D eigenvalue weighted by molar-refractivity contribution is 7.80. The number of halogens is 1. The van der Waals surface area contributed by atoms with E-state index < -0.39 is 11.8 Å². The van der Waals surface area contributed by atoms with E-state index >= 15 is 0 Å². The number of ether oxygens (including phenoxy) is 2. The number of thiocarbonyl (C=S) groups is 1. The summed E-state index contributed by atoms with van der Waals surface area (Å²) >= 11 is 11.0. The minimum atomic E-state index is -0.510. The second kappa shape index (κ2) is 12.5. The van der Waals surface area contributed by atoms with Gasteiger partial charge in [-0.1, -0.05) is 17.7 Å². The van der Waals surface area contributed by atoms with Crippen LogP contribution in [0.1, 0.15) is 18.4 Å². The number of nitrogens with one attached hydrogen (secondary N) is 4. The van der Waals surface area contributed by atoms with E-state index in [1.54, 1.807) is 56.5 Å². The highest BCUT2D eigenvalue weighted by Gasteiger charge is 2.11. The molecule has 9 nitrogen and oxygen atoms in total. The molecule has 2 aromatic carbocycles. The van der Waals surface area contributed by atoms with Crippen molar-refractivity contribution in [3.05, 3.63) is 53.1 Å². The lowest BCUT2D eigenvalue weighted by Gasteiger charge is -2.12. The van der Waals surface area contributed by atoms with Gasteiger partial charge in [-0.2, -0.15) is 0 Å². The lowest BCUT2D eigenvalue weighted by atomic mass is 10.2. The molecule has 0 atom stereocenters. The summed E-state index contributed by atoms with van der Waals surface area (Å²) in [5.41, 5.74) is 6.03. The number of hydrazine groups is 1. The average molecular weight is 479 g/mol. The van der Waals surface area contributed by atoms with Crippen LogP contribution in [0.2, 0.25) is 5.02 Å². The van der Waals surface area contributed by atoms with Crippen LogP contribution in [0.5, 0.6) is 11.5 Å². The summed E-state index contributed by atoms with van der Waals surface area (Å²) in [4.78, 5) is 35.8. The molecule has 0 saturated heterocycles. The Hall–Kier alpha value is -3.37. The van der Waals surface area contributed by atoms with E-state index in [1.165, 1.54) is 0 Å².